The number of halogens is 2. The van der Waals surface area contributed by atoms with E-state index in [4.69, 9.17) is 11.6 Å². The van der Waals surface area contributed by atoms with Crippen LogP contribution in [-0.2, 0) is 32.6 Å². The number of hydrogen-bond acceptors (Lipinski definition) is 4. The molecule has 0 heterocycles. The molecule has 2 atom stereocenters. The third-order valence-electron chi connectivity index (χ3n) is 6.37. The maximum absolute atomic E-state index is 14.7. The number of anilines is 1. The number of sulfonamides is 1. The molecular formula is C29H33ClFN3O4S. The van der Waals surface area contributed by atoms with Gasteiger partial charge in [-0.15, -0.1) is 0 Å². The number of amides is 2. The van der Waals surface area contributed by atoms with E-state index in [9.17, 15) is 22.4 Å². The molecule has 39 heavy (non-hydrogen) atoms. The van der Waals surface area contributed by atoms with E-state index in [-0.39, 0.29) is 30.6 Å². The van der Waals surface area contributed by atoms with Crippen LogP contribution in [0.4, 0.5) is 10.1 Å². The summed E-state index contributed by atoms with van der Waals surface area (Å²) in [6, 6.07) is 20.3. The van der Waals surface area contributed by atoms with E-state index in [1.807, 2.05) is 44.2 Å². The number of nitrogens with zero attached hydrogens (tertiary/aromatic N) is 2. The summed E-state index contributed by atoms with van der Waals surface area (Å²) < 4.78 is 40.8. The van der Waals surface area contributed by atoms with E-state index in [0.29, 0.717) is 17.0 Å². The molecule has 0 aromatic heterocycles. The summed E-state index contributed by atoms with van der Waals surface area (Å²) in [7, 11) is -4.06. The quantitative estimate of drug-likeness (QED) is 0.337. The van der Waals surface area contributed by atoms with Gasteiger partial charge < -0.3 is 10.2 Å². The molecule has 10 heteroatoms. The Hall–Kier alpha value is -3.43. The lowest BCUT2D eigenvalue weighted by molar-refractivity contribution is -0.140. The Labute approximate surface area is 234 Å². The number of benzene rings is 3. The summed E-state index contributed by atoms with van der Waals surface area (Å²) >= 11 is 6.42. The van der Waals surface area contributed by atoms with Gasteiger partial charge in [0.25, 0.3) is 0 Å². The zero-order chi connectivity index (χ0) is 28.6. The second-order valence-electron chi connectivity index (χ2n) is 9.36. The van der Waals surface area contributed by atoms with Crippen molar-refractivity contribution in [2.45, 2.75) is 45.3 Å². The van der Waals surface area contributed by atoms with Crippen molar-refractivity contribution >= 4 is 39.1 Å². The van der Waals surface area contributed by atoms with Gasteiger partial charge in [0.2, 0.25) is 21.8 Å². The Bertz CT molecular complexity index is 1390. The molecule has 3 rings (SSSR count). The molecule has 7 nitrogen and oxygen atoms in total. The first-order valence-electron chi connectivity index (χ1n) is 12.6. The fourth-order valence-electron chi connectivity index (χ4n) is 4.05. The summed E-state index contributed by atoms with van der Waals surface area (Å²) in [5.41, 5.74) is 1.14. The number of rotatable bonds is 12. The van der Waals surface area contributed by atoms with Crippen molar-refractivity contribution in [3.8, 4) is 0 Å². The molecule has 0 unspecified atom stereocenters. The van der Waals surface area contributed by atoms with Gasteiger partial charge in [-0.05, 0) is 42.7 Å². The lowest BCUT2D eigenvalue weighted by Crippen LogP contribution is -2.54. The van der Waals surface area contributed by atoms with Gasteiger partial charge in [0.1, 0.15) is 18.4 Å². The van der Waals surface area contributed by atoms with Gasteiger partial charge in [0.15, 0.2) is 0 Å². The third kappa shape index (κ3) is 8.28. The van der Waals surface area contributed by atoms with Crippen LogP contribution in [-0.4, -0.2) is 50.0 Å². The lowest BCUT2D eigenvalue weighted by Gasteiger charge is -2.34. The Morgan fingerprint density at radius 2 is 1.59 bits per heavy atom. The molecule has 3 aromatic carbocycles. The fourth-order valence-corrected chi connectivity index (χ4v) is 5.10. The lowest BCUT2D eigenvalue weighted by atomic mass is 10.0. The second-order valence-corrected chi connectivity index (χ2v) is 11.7. The standard InChI is InChI=1S/C29H33ClFN3O4S/c1-4-21(2)32-29(36)27(18-22-12-6-5-7-13-22)33(19-23-14-8-9-15-24(23)30)28(35)20-34(39(3,37)38)26-17-11-10-16-25(26)31/h5-17,21,27H,4,18-20H2,1-3H3,(H,32,36)/t21-,27+/m1/s1. The molecule has 0 aliphatic carbocycles. The Balaban J connectivity index is 2.08. The van der Waals surface area contributed by atoms with Crippen LogP contribution in [0.5, 0.6) is 0 Å². The average molecular weight is 574 g/mol. The summed E-state index contributed by atoms with van der Waals surface area (Å²) in [5.74, 6) is -1.85. The van der Waals surface area contributed by atoms with Crippen LogP contribution in [0.2, 0.25) is 5.02 Å². The highest BCUT2D eigenvalue weighted by Crippen LogP contribution is 2.24. The van der Waals surface area contributed by atoms with Gasteiger partial charge in [0.05, 0.1) is 11.9 Å². The SMILES string of the molecule is CC[C@@H](C)NC(=O)[C@H](Cc1ccccc1)N(Cc1ccccc1Cl)C(=O)CN(c1ccccc1F)S(C)(=O)=O. The first-order chi connectivity index (χ1) is 18.5. The van der Waals surface area contributed by atoms with Crippen molar-refractivity contribution < 1.29 is 22.4 Å². The van der Waals surface area contributed by atoms with E-state index in [2.05, 4.69) is 5.32 Å². The van der Waals surface area contributed by atoms with Crippen LogP contribution < -0.4 is 9.62 Å². The molecule has 0 aliphatic rings. The van der Waals surface area contributed by atoms with Gasteiger partial charge in [-0.2, -0.15) is 0 Å². The molecular weight excluding hydrogens is 541 g/mol. The van der Waals surface area contributed by atoms with Gasteiger partial charge in [-0.3, -0.25) is 13.9 Å². The van der Waals surface area contributed by atoms with E-state index >= 15 is 0 Å². The van der Waals surface area contributed by atoms with Crippen LogP contribution in [0.25, 0.3) is 0 Å². The van der Waals surface area contributed by atoms with Crippen LogP contribution >= 0.6 is 11.6 Å². The van der Waals surface area contributed by atoms with E-state index in [0.717, 1.165) is 22.2 Å². The minimum Gasteiger partial charge on any atom is -0.352 e. The monoisotopic (exact) mass is 573 g/mol. The van der Waals surface area contributed by atoms with Crippen molar-refractivity contribution in [3.05, 3.63) is 101 Å². The maximum atomic E-state index is 14.7. The van der Waals surface area contributed by atoms with Crippen molar-refractivity contribution in [1.29, 1.82) is 0 Å². The molecule has 0 aliphatic heterocycles. The largest absolute Gasteiger partial charge is 0.352 e. The number of para-hydroxylation sites is 1. The first-order valence-corrected chi connectivity index (χ1v) is 14.8. The smallest absolute Gasteiger partial charge is 0.244 e. The molecule has 2 amide bonds. The molecule has 0 radical (unpaired) electrons. The van der Waals surface area contributed by atoms with Crippen LogP contribution in [0.1, 0.15) is 31.4 Å². The average Bonchev–Trinajstić information content (AvgIpc) is 2.90. The van der Waals surface area contributed by atoms with Gasteiger partial charge in [-0.25, -0.2) is 12.8 Å². The summed E-state index contributed by atoms with van der Waals surface area (Å²) in [5, 5.41) is 3.35. The summed E-state index contributed by atoms with van der Waals surface area (Å²) in [4.78, 5) is 28.9. The number of hydrogen-bond donors (Lipinski definition) is 1. The zero-order valence-corrected chi connectivity index (χ0v) is 23.8. The van der Waals surface area contributed by atoms with Crippen LogP contribution in [0.15, 0.2) is 78.9 Å². The predicted octanol–water partition coefficient (Wildman–Crippen LogP) is 4.80. The van der Waals surface area contributed by atoms with Gasteiger partial charge >= 0.3 is 0 Å². The Kier molecular flexibility index (Phi) is 10.5. The fraction of sp³-hybridized carbons (Fsp3) is 0.310. The molecule has 208 valence electrons. The zero-order valence-electron chi connectivity index (χ0n) is 22.2. The Morgan fingerprint density at radius 3 is 2.21 bits per heavy atom. The number of carbonyl (C=O) groups is 2. The van der Waals surface area contributed by atoms with Crippen molar-refractivity contribution in [2.75, 3.05) is 17.1 Å². The van der Waals surface area contributed by atoms with Crippen molar-refractivity contribution in [1.82, 2.24) is 10.2 Å². The second kappa shape index (κ2) is 13.6. The molecule has 0 spiro atoms. The van der Waals surface area contributed by atoms with E-state index in [1.54, 1.807) is 24.3 Å². The van der Waals surface area contributed by atoms with Crippen molar-refractivity contribution in [2.24, 2.45) is 0 Å². The topological polar surface area (TPSA) is 86.8 Å². The molecule has 1 N–H and O–H groups in total. The minimum absolute atomic E-state index is 0.0567. The maximum Gasteiger partial charge on any atom is 0.244 e. The van der Waals surface area contributed by atoms with E-state index in [1.165, 1.54) is 23.1 Å². The highest BCUT2D eigenvalue weighted by Gasteiger charge is 2.34. The third-order valence-corrected chi connectivity index (χ3v) is 7.87. The summed E-state index contributed by atoms with van der Waals surface area (Å²) in [6.45, 7) is 3.04. The summed E-state index contributed by atoms with van der Waals surface area (Å²) in [6.07, 6.45) is 1.76. The van der Waals surface area contributed by atoms with Crippen LogP contribution in [0.3, 0.4) is 0 Å². The molecule has 0 saturated heterocycles. The van der Waals surface area contributed by atoms with Crippen molar-refractivity contribution in [3.63, 3.8) is 0 Å². The minimum atomic E-state index is -4.06. The van der Waals surface area contributed by atoms with E-state index < -0.39 is 34.3 Å². The first kappa shape index (κ1) is 30.1. The molecule has 0 bridgehead atoms. The molecule has 0 fully saturated rings. The molecule has 3 aromatic rings. The number of nitrogens with one attached hydrogen (secondary N) is 1. The highest BCUT2D eigenvalue weighted by molar-refractivity contribution is 7.92. The molecule has 0 saturated carbocycles. The van der Waals surface area contributed by atoms with Gasteiger partial charge in [0, 0.05) is 24.0 Å². The number of carbonyl (C=O) groups excluding carboxylic acids is 2. The normalized spacial score (nSPS) is 12.8. The Morgan fingerprint density at radius 1 is 0.974 bits per heavy atom. The highest BCUT2D eigenvalue weighted by atomic mass is 35.5. The predicted molar refractivity (Wildman–Crippen MR) is 152 cm³/mol. The van der Waals surface area contributed by atoms with Gasteiger partial charge in [-0.1, -0.05) is 79.2 Å². The van der Waals surface area contributed by atoms with Crippen LogP contribution in [0, 0.1) is 5.82 Å².